The topological polar surface area (TPSA) is 0 Å². The standard InChI is InChI=1S/C8H7Br2Cl/c1-5-2-3-7(11)8(10)6(5)4-9/h2-3H,4H2,1H3. The summed E-state index contributed by atoms with van der Waals surface area (Å²) >= 11 is 12.7. The van der Waals surface area contributed by atoms with Crippen LogP contribution in [0.15, 0.2) is 16.6 Å². The van der Waals surface area contributed by atoms with E-state index in [2.05, 4.69) is 38.8 Å². The summed E-state index contributed by atoms with van der Waals surface area (Å²) in [5.74, 6) is 0. The van der Waals surface area contributed by atoms with Crippen molar-refractivity contribution >= 4 is 43.5 Å². The molecule has 0 N–H and O–H groups in total. The van der Waals surface area contributed by atoms with Crippen molar-refractivity contribution in [1.82, 2.24) is 0 Å². The van der Waals surface area contributed by atoms with E-state index in [-0.39, 0.29) is 0 Å². The number of hydrogen-bond acceptors (Lipinski definition) is 0. The zero-order chi connectivity index (χ0) is 8.43. The zero-order valence-electron chi connectivity index (χ0n) is 6.00. The Morgan fingerprint density at radius 3 is 2.55 bits per heavy atom. The molecule has 0 heterocycles. The van der Waals surface area contributed by atoms with Crippen LogP contribution in [0, 0.1) is 6.92 Å². The predicted molar refractivity (Wildman–Crippen MR) is 56.5 cm³/mol. The molecule has 3 heteroatoms. The van der Waals surface area contributed by atoms with Crippen LogP contribution in [0.3, 0.4) is 0 Å². The van der Waals surface area contributed by atoms with Crippen molar-refractivity contribution < 1.29 is 0 Å². The van der Waals surface area contributed by atoms with Gasteiger partial charge in [-0.25, -0.2) is 0 Å². The molecule has 0 aliphatic carbocycles. The number of aryl methyl sites for hydroxylation is 1. The molecule has 0 aromatic heterocycles. The number of hydrogen-bond donors (Lipinski definition) is 0. The van der Waals surface area contributed by atoms with Crippen molar-refractivity contribution in [3.05, 3.63) is 32.8 Å². The van der Waals surface area contributed by atoms with Crippen LogP contribution in [0.4, 0.5) is 0 Å². The normalized spacial score (nSPS) is 10.2. The van der Waals surface area contributed by atoms with Gasteiger partial charge in [0.25, 0.3) is 0 Å². The molecule has 11 heavy (non-hydrogen) atoms. The highest BCUT2D eigenvalue weighted by Gasteiger charge is 2.04. The third kappa shape index (κ3) is 1.98. The molecule has 0 saturated heterocycles. The van der Waals surface area contributed by atoms with Gasteiger partial charge in [0.05, 0.1) is 5.02 Å². The second kappa shape index (κ2) is 3.92. The Labute approximate surface area is 88.2 Å². The number of rotatable bonds is 1. The first kappa shape index (κ1) is 9.56. The van der Waals surface area contributed by atoms with E-state index >= 15 is 0 Å². The SMILES string of the molecule is Cc1ccc(Cl)c(Br)c1CBr. The fourth-order valence-corrected chi connectivity index (χ4v) is 2.71. The lowest BCUT2D eigenvalue weighted by Crippen LogP contribution is -1.86. The summed E-state index contributed by atoms with van der Waals surface area (Å²) in [6, 6.07) is 3.91. The van der Waals surface area contributed by atoms with E-state index in [9.17, 15) is 0 Å². The maximum absolute atomic E-state index is 5.90. The van der Waals surface area contributed by atoms with E-state index < -0.39 is 0 Å². The lowest BCUT2D eigenvalue weighted by Gasteiger charge is -2.05. The molecule has 1 aromatic rings. The minimum Gasteiger partial charge on any atom is -0.0876 e. The molecule has 1 aromatic carbocycles. The van der Waals surface area contributed by atoms with Crippen molar-refractivity contribution in [2.75, 3.05) is 0 Å². The summed E-state index contributed by atoms with van der Waals surface area (Å²) in [6.07, 6.45) is 0. The Morgan fingerprint density at radius 1 is 1.45 bits per heavy atom. The van der Waals surface area contributed by atoms with E-state index in [1.807, 2.05) is 12.1 Å². The molecular weight excluding hydrogens is 291 g/mol. The summed E-state index contributed by atoms with van der Waals surface area (Å²) in [4.78, 5) is 0. The molecule has 0 aliphatic heterocycles. The van der Waals surface area contributed by atoms with Gasteiger partial charge in [0, 0.05) is 9.80 Å². The fourth-order valence-electron chi connectivity index (χ4n) is 0.853. The molecule has 0 unspecified atom stereocenters. The largest absolute Gasteiger partial charge is 0.0876 e. The van der Waals surface area contributed by atoms with E-state index in [0.29, 0.717) is 0 Å². The van der Waals surface area contributed by atoms with Crippen LogP contribution in [-0.2, 0) is 5.33 Å². The molecule has 0 amide bonds. The van der Waals surface area contributed by atoms with Gasteiger partial charge in [-0.1, -0.05) is 33.6 Å². The molecular formula is C8H7Br2Cl. The summed E-state index contributed by atoms with van der Waals surface area (Å²) in [5, 5.41) is 1.60. The average molecular weight is 298 g/mol. The Kier molecular flexibility index (Phi) is 3.41. The van der Waals surface area contributed by atoms with E-state index in [1.54, 1.807) is 0 Å². The molecule has 60 valence electrons. The first-order valence-corrected chi connectivity index (χ1v) is 5.45. The van der Waals surface area contributed by atoms with Gasteiger partial charge in [-0.3, -0.25) is 0 Å². The van der Waals surface area contributed by atoms with Crippen LogP contribution in [0.25, 0.3) is 0 Å². The Bertz CT molecular complexity index is 271. The average Bonchev–Trinajstić information content (AvgIpc) is 1.99. The van der Waals surface area contributed by atoms with Crippen LogP contribution in [0.2, 0.25) is 5.02 Å². The van der Waals surface area contributed by atoms with Crippen LogP contribution in [0.5, 0.6) is 0 Å². The quantitative estimate of drug-likeness (QED) is 0.678. The summed E-state index contributed by atoms with van der Waals surface area (Å²) in [7, 11) is 0. The number of halogens is 3. The van der Waals surface area contributed by atoms with Gasteiger partial charge in [0.15, 0.2) is 0 Å². The van der Waals surface area contributed by atoms with Crippen LogP contribution < -0.4 is 0 Å². The van der Waals surface area contributed by atoms with Gasteiger partial charge >= 0.3 is 0 Å². The highest BCUT2D eigenvalue weighted by Crippen LogP contribution is 2.29. The highest BCUT2D eigenvalue weighted by atomic mass is 79.9. The smallest absolute Gasteiger partial charge is 0.0551 e. The maximum atomic E-state index is 5.90. The Hall–Kier alpha value is 0.470. The minimum absolute atomic E-state index is 0.769. The monoisotopic (exact) mass is 296 g/mol. The van der Waals surface area contributed by atoms with Crippen molar-refractivity contribution in [3.8, 4) is 0 Å². The predicted octanol–water partition coefficient (Wildman–Crippen LogP) is 4.31. The van der Waals surface area contributed by atoms with Crippen molar-refractivity contribution in [3.63, 3.8) is 0 Å². The molecule has 0 nitrogen and oxygen atoms in total. The molecule has 0 atom stereocenters. The summed E-state index contributed by atoms with van der Waals surface area (Å²) in [6.45, 7) is 2.07. The molecule has 1 rings (SSSR count). The van der Waals surface area contributed by atoms with Gasteiger partial charge in [-0.2, -0.15) is 0 Å². The summed E-state index contributed by atoms with van der Waals surface area (Å²) in [5.41, 5.74) is 2.47. The number of alkyl halides is 1. The first-order valence-electron chi connectivity index (χ1n) is 3.16. The maximum Gasteiger partial charge on any atom is 0.0551 e. The summed E-state index contributed by atoms with van der Waals surface area (Å²) < 4.78 is 0.996. The molecule has 0 fully saturated rings. The molecule has 0 saturated carbocycles. The lowest BCUT2D eigenvalue weighted by molar-refractivity contribution is 1.30. The van der Waals surface area contributed by atoms with Gasteiger partial charge in [0.2, 0.25) is 0 Å². The molecule has 0 aliphatic rings. The van der Waals surface area contributed by atoms with Crippen molar-refractivity contribution in [1.29, 1.82) is 0 Å². The van der Waals surface area contributed by atoms with Gasteiger partial charge in [-0.15, -0.1) is 0 Å². The molecule has 0 spiro atoms. The lowest BCUT2D eigenvalue weighted by atomic mass is 10.1. The Morgan fingerprint density at radius 2 is 2.09 bits per heavy atom. The zero-order valence-corrected chi connectivity index (χ0v) is 9.92. The van der Waals surface area contributed by atoms with E-state index in [0.717, 1.165) is 14.8 Å². The van der Waals surface area contributed by atoms with E-state index in [4.69, 9.17) is 11.6 Å². The minimum atomic E-state index is 0.769. The van der Waals surface area contributed by atoms with Crippen molar-refractivity contribution in [2.24, 2.45) is 0 Å². The second-order valence-electron chi connectivity index (χ2n) is 2.29. The van der Waals surface area contributed by atoms with Crippen molar-refractivity contribution in [2.45, 2.75) is 12.3 Å². The van der Waals surface area contributed by atoms with Gasteiger partial charge in [-0.05, 0) is 40.0 Å². The second-order valence-corrected chi connectivity index (χ2v) is 4.05. The third-order valence-corrected chi connectivity index (χ3v) is 3.57. The first-order chi connectivity index (χ1) is 5.16. The van der Waals surface area contributed by atoms with Crippen LogP contribution in [0.1, 0.15) is 11.1 Å². The third-order valence-electron chi connectivity index (χ3n) is 1.56. The van der Waals surface area contributed by atoms with Crippen LogP contribution in [-0.4, -0.2) is 0 Å². The van der Waals surface area contributed by atoms with Crippen LogP contribution >= 0.6 is 43.5 Å². The van der Waals surface area contributed by atoms with E-state index in [1.165, 1.54) is 11.1 Å². The molecule has 0 bridgehead atoms. The Balaban J connectivity index is 3.29. The van der Waals surface area contributed by atoms with Gasteiger partial charge in [0.1, 0.15) is 0 Å². The van der Waals surface area contributed by atoms with Gasteiger partial charge < -0.3 is 0 Å². The number of benzene rings is 1. The fraction of sp³-hybridized carbons (Fsp3) is 0.250. The molecule has 0 radical (unpaired) electrons. The highest BCUT2D eigenvalue weighted by molar-refractivity contribution is 9.10.